The third-order valence-electron chi connectivity index (χ3n) is 2.68. The van der Waals surface area contributed by atoms with Crippen molar-refractivity contribution in [1.82, 2.24) is 4.90 Å². The van der Waals surface area contributed by atoms with Gasteiger partial charge in [0, 0.05) is 25.4 Å². The van der Waals surface area contributed by atoms with Crippen LogP contribution in [-0.2, 0) is 4.79 Å². The van der Waals surface area contributed by atoms with Crippen LogP contribution in [0, 0.1) is 5.92 Å². The predicted octanol–water partition coefficient (Wildman–Crippen LogP) is 2.43. The molecule has 0 radical (unpaired) electrons. The maximum Gasteiger partial charge on any atom is 0.222 e. The molecule has 0 aliphatic carbocycles. The first-order valence-corrected chi connectivity index (χ1v) is 5.76. The SMILES string of the molecule is CC1CCC(=O)N(CC=CCCl)CC1. The zero-order valence-corrected chi connectivity index (χ0v) is 9.46. The summed E-state index contributed by atoms with van der Waals surface area (Å²) in [5.74, 6) is 1.49. The average molecular weight is 216 g/mol. The zero-order chi connectivity index (χ0) is 10.4. The summed E-state index contributed by atoms with van der Waals surface area (Å²) in [5.41, 5.74) is 0. The molecule has 1 atom stereocenters. The molecule has 1 aliphatic heterocycles. The van der Waals surface area contributed by atoms with E-state index >= 15 is 0 Å². The van der Waals surface area contributed by atoms with E-state index < -0.39 is 0 Å². The Morgan fingerprint density at radius 1 is 1.50 bits per heavy atom. The normalized spacial score (nSPS) is 24.3. The standard InChI is InChI=1S/C11H18ClNO/c1-10-4-5-11(14)13(9-6-10)8-3-2-7-12/h2-3,10H,4-9H2,1H3. The maximum absolute atomic E-state index is 11.6. The van der Waals surface area contributed by atoms with Crippen molar-refractivity contribution in [2.24, 2.45) is 5.92 Å². The Morgan fingerprint density at radius 3 is 3.00 bits per heavy atom. The number of halogens is 1. The van der Waals surface area contributed by atoms with E-state index in [1.165, 1.54) is 0 Å². The number of hydrogen-bond acceptors (Lipinski definition) is 1. The van der Waals surface area contributed by atoms with Gasteiger partial charge in [-0.2, -0.15) is 0 Å². The molecule has 0 aromatic carbocycles. The summed E-state index contributed by atoms with van der Waals surface area (Å²) < 4.78 is 0. The summed E-state index contributed by atoms with van der Waals surface area (Å²) in [6, 6.07) is 0. The molecular weight excluding hydrogens is 198 g/mol. The van der Waals surface area contributed by atoms with Crippen molar-refractivity contribution in [2.75, 3.05) is 19.0 Å². The van der Waals surface area contributed by atoms with Gasteiger partial charge >= 0.3 is 0 Å². The highest BCUT2D eigenvalue weighted by Crippen LogP contribution is 2.17. The second-order valence-electron chi connectivity index (χ2n) is 3.90. The summed E-state index contributed by atoms with van der Waals surface area (Å²) in [6.45, 7) is 3.83. The molecule has 1 saturated heterocycles. The molecule has 1 aliphatic rings. The lowest BCUT2D eigenvalue weighted by molar-refractivity contribution is -0.130. The van der Waals surface area contributed by atoms with Crippen LogP contribution in [-0.4, -0.2) is 29.8 Å². The molecule has 1 heterocycles. The molecule has 1 unspecified atom stereocenters. The average Bonchev–Trinajstić information content (AvgIpc) is 2.33. The Kier molecular flexibility index (Phi) is 5.02. The predicted molar refractivity (Wildman–Crippen MR) is 59.5 cm³/mol. The molecule has 0 saturated carbocycles. The minimum absolute atomic E-state index is 0.286. The lowest BCUT2D eigenvalue weighted by Crippen LogP contribution is -2.30. The lowest BCUT2D eigenvalue weighted by Gasteiger charge is -2.18. The molecule has 0 N–H and O–H groups in total. The van der Waals surface area contributed by atoms with Crippen molar-refractivity contribution in [2.45, 2.75) is 26.2 Å². The van der Waals surface area contributed by atoms with Gasteiger partial charge in [-0.25, -0.2) is 0 Å². The molecule has 1 amide bonds. The topological polar surface area (TPSA) is 20.3 Å². The summed E-state index contributed by atoms with van der Waals surface area (Å²) in [7, 11) is 0. The molecule has 2 nitrogen and oxygen atoms in total. The van der Waals surface area contributed by atoms with Crippen LogP contribution in [0.4, 0.5) is 0 Å². The van der Waals surface area contributed by atoms with Gasteiger partial charge in [0.2, 0.25) is 5.91 Å². The van der Waals surface area contributed by atoms with Crippen LogP contribution in [0.25, 0.3) is 0 Å². The number of carbonyl (C=O) groups excluding carboxylic acids is 1. The van der Waals surface area contributed by atoms with Crippen LogP contribution >= 0.6 is 11.6 Å². The summed E-state index contributed by atoms with van der Waals surface area (Å²) in [6.07, 6.45) is 6.73. The monoisotopic (exact) mass is 215 g/mol. The first kappa shape index (κ1) is 11.6. The van der Waals surface area contributed by atoms with Crippen LogP contribution in [0.2, 0.25) is 0 Å². The van der Waals surface area contributed by atoms with Crippen LogP contribution in [0.3, 0.4) is 0 Å². The molecule has 3 heteroatoms. The number of likely N-dealkylation sites (tertiary alicyclic amines) is 1. The number of alkyl halides is 1. The van der Waals surface area contributed by atoms with Gasteiger partial charge in [0.25, 0.3) is 0 Å². The summed E-state index contributed by atoms with van der Waals surface area (Å²) >= 11 is 5.52. The van der Waals surface area contributed by atoms with Gasteiger partial charge < -0.3 is 4.90 Å². The van der Waals surface area contributed by atoms with Crippen molar-refractivity contribution < 1.29 is 4.79 Å². The number of allylic oxidation sites excluding steroid dienone is 1. The van der Waals surface area contributed by atoms with Crippen molar-refractivity contribution >= 4 is 17.5 Å². The Balaban J connectivity index is 2.41. The summed E-state index contributed by atoms with van der Waals surface area (Å²) in [5, 5.41) is 0. The number of amides is 1. The highest BCUT2D eigenvalue weighted by molar-refractivity contribution is 6.18. The number of nitrogens with zero attached hydrogens (tertiary/aromatic N) is 1. The van der Waals surface area contributed by atoms with E-state index in [0.717, 1.165) is 25.9 Å². The molecule has 0 bridgehead atoms. The van der Waals surface area contributed by atoms with E-state index in [2.05, 4.69) is 6.92 Å². The second-order valence-corrected chi connectivity index (χ2v) is 4.21. The van der Waals surface area contributed by atoms with Crippen LogP contribution < -0.4 is 0 Å². The van der Waals surface area contributed by atoms with Gasteiger partial charge in [0.05, 0.1) is 0 Å². The fourth-order valence-electron chi connectivity index (χ4n) is 1.63. The molecule has 80 valence electrons. The fourth-order valence-corrected chi connectivity index (χ4v) is 1.76. The molecule has 14 heavy (non-hydrogen) atoms. The Hall–Kier alpha value is -0.500. The zero-order valence-electron chi connectivity index (χ0n) is 8.71. The van der Waals surface area contributed by atoms with Crippen molar-refractivity contribution in [1.29, 1.82) is 0 Å². The summed E-state index contributed by atoms with van der Waals surface area (Å²) in [4.78, 5) is 13.5. The first-order valence-electron chi connectivity index (χ1n) is 5.22. The van der Waals surface area contributed by atoms with Crippen molar-refractivity contribution in [3.05, 3.63) is 12.2 Å². The molecule has 1 rings (SSSR count). The van der Waals surface area contributed by atoms with Gasteiger partial charge in [-0.05, 0) is 18.8 Å². The molecule has 0 aromatic rings. The maximum atomic E-state index is 11.6. The molecule has 0 spiro atoms. The largest absolute Gasteiger partial charge is 0.339 e. The van der Waals surface area contributed by atoms with Crippen molar-refractivity contribution in [3.8, 4) is 0 Å². The van der Waals surface area contributed by atoms with E-state index in [0.29, 0.717) is 18.2 Å². The number of hydrogen-bond donors (Lipinski definition) is 0. The first-order chi connectivity index (χ1) is 6.74. The molecular formula is C11H18ClNO. The van der Waals surface area contributed by atoms with Crippen LogP contribution in [0.15, 0.2) is 12.2 Å². The van der Waals surface area contributed by atoms with Gasteiger partial charge in [0.1, 0.15) is 0 Å². The highest BCUT2D eigenvalue weighted by atomic mass is 35.5. The van der Waals surface area contributed by atoms with E-state index in [1.807, 2.05) is 17.1 Å². The molecule has 0 aromatic heterocycles. The highest BCUT2D eigenvalue weighted by Gasteiger charge is 2.18. The Morgan fingerprint density at radius 2 is 2.29 bits per heavy atom. The van der Waals surface area contributed by atoms with Gasteiger partial charge in [0.15, 0.2) is 0 Å². The van der Waals surface area contributed by atoms with Crippen LogP contribution in [0.5, 0.6) is 0 Å². The van der Waals surface area contributed by atoms with Crippen molar-refractivity contribution in [3.63, 3.8) is 0 Å². The number of rotatable bonds is 3. The number of carbonyl (C=O) groups is 1. The minimum Gasteiger partial charge on any atom is -0.339 e. The van der Waals surface area contributed by atoms with E-state index in [4.69, 9.17) is 11.6 Å². The minimum atomic E-state index is 0.286. The lowest BCUT2D eigenvalue weighted by atomic mass is 10.0. The van der Waals surface area contributed by atoms with Gasteiger partial charge in [-0.15, -0.1) is 11.6 Å². The van der Waals surface area contributed by atoms with E-state index in [1.54, 1.807) is 0 Å². The van der Waals surface area contributed by atoms with Gasteiger partial charge in [-0.1, -0.05) is 19.1 Å². The van der Waals surface area contributed by atoms with Gasteiger partial charge in [-0.3, -0.25) is 4.79 Å². The van der Waals surface area contributed by atoms with E-state index in [-0.39, 0.29) is 5.91 Å². The Bertz CT molecular complexity index is 215. The molecule has 1 fully saturated rings. The Labute approximate surface area is 90.9 Å². The van der Waals surface area contributed by atoms with Crippen LogP contribution in [0.1, 0.15) is 26.2 Å². The third-order valence-corrected chi connectivity index (χ3v) is 2.86. The second kappa shape index (κ2) is 6.07. The smallest absolute Gasteiger partial charge is 0.222 e. The quantitative estimate of drug-likeness (QED) is 0.523. The third kappa shape index (κ3) is 3.70. The van der Waals surface area contributed by atoms with E-state index in [9.17, 15) is 4.79 Å². The fraction of sp³-hybridized carbons (Fsp3) is 0.727.